The molecule has 9 heteroatoms. The molecule has 0 aliphatic rings. The van der Waals surface area contributed by atoms with E-state index in [1.54, 1.807) is 26.0 Å². The third kappa shape index (κ3) is 6.35. The molecule has 3 N–H and O–H groups in total. The maximum atomic E-state index is 12.4. The lowest BCUT2D eigenvalue weighted by Crippen LogP contribution is -2.42. The molecule has 0 atom stereocenters. The van der Waals surface area contributed by atoms with Gasteiger partial charge in [0.1, 0.15) is 0 Å². The molecule has 0 spiro atoms. The predicted molar refractivity (Wildman–Crippen MR) is 96.8 cm³/mol. The number of carbonyl (C=O) groups is 2. The fraction of sp³-hybridized carbons (Fsp3) is 0.500. The first-order valence-electron chi connectivity index (χ1n) is 8.08. The van der Waals surface area contributed by atoms with E-state index >= 15 is 0 Å². The van der Waals surface area contributed by atoms with Gasteiger partial charge in [-0.2, -0.15) is 4.31 Å². The van der Waals surface area contributed by atoms with Crippen molar-refractivity contribution >= 4 is 27.6 Å². The second-order valence-electron chi connectivity index (χ2n) is 5.80. The van der Waals surface area contributed by atoms with E-state index in [1.807, 2.05) is 6.92 Å². The Bertz CT molecular complexity index is 687. The van der Waals surface area contributed by atoms with Crippen LogP contribution in [0.3, 0.4) is 0 Å². The molecule has 0 unspecified atom stereocenters. The minimum Gasteiger partial charge on any atom is -0.376 e. The molecule has 0 saturated carbocycles. The van der Waals surface area contributed by atoms with Crippen LogP contribution in [0.5, 0.6) is 0 Å². The Morgan fingerprint density at radius 1 is 1.16 bits per heavy atom. The van der Waals surface area contributed by atoms with Crippen LogP contribution in [0.4, 0.5) is 10.5 Å². The van der Waals surface area contributed by atoms with Gasteiger partial charge in [0.25, 0.3) is 0 Å². The number of imide groups is 1. The average molecular weight is 370 g/mol. The van der Waals surface area contributed by atoms with Crippen molar-refractivity contribution in [3.63, 3.8) is 0 Å². The number of carbonyl (C=O) groups excluding carboxylic acids is 2. The van der Waals surface area contributed by atoms with Crippen LogP contribution in [-0.2, 0) is 14.8 Å². The quantitative estimate of drug-likeness (QED) is 0.640. The van der Waals surface area contributed by atoms with Crippen molar-refractivity contribution in [2.24, 2.45) is 0 Å². The lowest BCUT2D eigenvalue weighted by molar-refractivity contribution is -0.118. The Morgan fingerprint density at radius 2 is 1.76 bits per heavy atom. The molecule has 25 heavy (non-hydrogen) atoms. The molecule has 0 aromatic heterocycles. The summed E-state index contributed by atoms with van der Waals surface area (Å²) in [5, 5.41) is 7.57. The largest absolute Gasteiger partial charge is 0.376 e. The van der Waals surface area contributed by atoms with Crippen molar-refractivity contribution in [1.82, 2.24) is 14.9 Å². The van der Waals surface area contributed by atoms with Crippen LogP contribution < -0.4 is 16.0 Å². The van der Waals surface area contributed by atoms with Gasteiger partial charge in [-0.1, -0.05) is 6.92 Å². The van der Waals surface area contributed by atoms with Crippen LogP contribution in [0.15, 0.2) is 29.2 Å². The third-order valence-corrected chi connectivity index (χ3v) is 5.55. The van der Waals surface area contributed by atoms with Crippen molar-refractivity contribution in [3.8, 4) is 0 Å². The number of nitrogens with zero attached hydrogens (tertiary/aromatic N) is 1. The zero-order chi connectivity index (χ0) is 19.0. The molecule has 140 valence electrons. The molecule has 8 nitrogen and oxygen atoms in total. The van der Waals surface area contributed by atoms with Gasteiger partial charge in [-0.3, -0.25) is 10.1 Å². The number of benzene rings is 1. The highest BCUT2D eigenvalue weighted by Gasteiger charge is 2.22. The number of hydrogen-bond acceptors (Lipinski definition) is 5. The van der Waals surface area contributed by atoms with Crippen LogP contribution in [-0.4, -0.2) is 50.8 Å². The summed E-state index contributed by atoms with van der Waals surface area (Å²) in [6.45, 7) is 5.89. The fourth-order valence-corrected chi connectivity index (χ4v) is 3.19. The molecule has 3 amide bonds. The van der Waals surface area contributed by atoms with E-state index in [2.05, 4.69) is 16.0 Å². The van der Waals surface area contributed by atoms with Crippen LogP contribution >= 0.6 is 0 Å². The lowest BCUT2D eigenvalue weighted by Gasteiger charge is -2.21. The van der Waals surface area contributed by atoms with Gasteiger partial charge in [-0.25, -0.2) is 13.2 Å². The number of amides is 3. The number of nitrogens with one attached hydrogen (secondary N) is 3. The standard InChI is InChI=1S/C16H26N4O4S/c1-5-10-17-16(22)19-15(21)11-18-13-6-8-14(9-7-13)25(23,24)20(4)12(2)3/h6-9,12,18H,5,10-11H2,1-4H3,(H2,17,19,21,22). The van der Waals surface area contributed by atoms with Gasteiger partial charge >= 0.3 is 6.03 Å². The summed E-state index contributed by atoms with van der Waals surface area (Å²) >= 11 is 0. The molecule has 0 bridgehead atoms. The lowest BCUT2D eigenvalue weighted by atomic mass is 10.3. The zero-order valence-corrected chi connectivity index (χ0v) is 15.8. The summed E-state index contributed by atoms with van der Waals surface area (Å²) in [6.07, 6.45) is 0.779. The van der Waals surface area contributed by atoms with E-state index < -0.39 is 22.0 Å². The summed E-state index contributed by atoms with van der Waals surface area (Å²) < 4.78 is 26.0. The summed E-state index contributed by atoms with van der Waals surface area (Å²) in [5.74, 6) is -0.482. The Morgan fingerprint density at radius 3 is 2.28 bits per heavy atom. The molecule has 0 heterocycles. The Kier molecular flexibility index (Phi) is 7.85. The van der Waals surface area contributed by atoms with E-state index in [1.165, 1.54) is 23.5 Å². The number of rotatable bonds is 8. The Hall–Kier alpha value is -2.13. The van der Waals surface area contributed by atoms with Gasteiger partial charge in [-0.15, -0.1) is 0 Å². The van der Waals surface area contributed by atoms with Crippen LogP contribution in [0, 0.1) is 0 Å². The van der Waals surface area contributed by atoms with Crippen molar-refractivity contribution < 1.29 is 18.0 Å². The average Bonchev–Trinajstić information content (AvgIpc) is 2.57. The number of hydrogen-bond donors (Lipinski definition) is 3. The van der Waals surface area contributed by atoms with Gasteiger partial charge < -0.3 is 10.6 Å². The first-order chi connectivity index (χ1) is 11.7. The van der Waals surface area contributed by atoms with E-state index in [0.717, 1.165) is 6.42 Å². The normalized spacial score (nSPS) is 11.4. The van der Waals surface area contributed by atoms with Crippen molar-refractivity contribution in [1.29, 1.82) is 0 Å². The van der Waals surface area contributed by atoms with E-state index in [0.29, 0.717) is 12.2 Å². The first-order valence-corrected chi connectivity index (χ1v) is 9.52. The summed E-state index contributed by atoms with van der Waals surface area (Å²) in [6, 6.07) is 5.42. The molecule has 1 aromatic carbocycles. The van der Waals surface area contributed by atoms with Crippen molar-refractivity contribution in [2.45, 2.75) is 38.1 Å². The molecule has 1 aromatic rings. The van der Waals surface area contributed by atoms with Crippen LogP contribution in [0.1, 0.15) is 27.2 Å². The number of anilines is 1. The first kappa shape index (κ1) is 20.9. The minimum atomic E-state index is -3.54. The smallest absolute Gasteiger partial charge is 0.321 e. The topological polar surface area (TPSA) is 108 Å². The van der Waals surface area contributed by atoms with Crippen molar-refractivity contribution in [3.05, 3.63) is 24.3 Å². The molecular weight excluding hydrogens is 344 g/mol. The van der Waals surface area contributed by atoms with Gasteiger partial charge in [0.05, 0.1) is 11.4 Å². The fourth-order valence-electron chi connectivity index (χ4n) is 1.82. The van der Waals surface area contributed by atoms with Crippen LogP contribution in [0.2, 0.25) is 0 Å². The maximum Gasteiger partial charge on any atom is 0.321 e. The van der Waals surface area contributed by atoms with Gasteiger partial charge in [0.2, 0.25) is 15.9 Å². The van der Waals surface area contributed by atoms with E-state index in [-0.39, 0.29) is 17.5 Å². The zero-order valence-electron chi connectivity index (χ0n) is 15.0. The minimum absolute atomic E-state index is 0.0997. The molecule has 0 aliphatic heterocycles. The van der Waals surface area contributed by atoms with E-state index in [9.17, 15) is 18.0 Å². The molecule has 0 aliphatic carbocycles. The molecular formula is C16H26N4O4S. The molecule has 0 saturated heterocycles. The second-order valence-corrected chi connectivity index (χ2v) is 7.79. The molecule has 0 radical (unpaired) electrons. The Labute approximate surface area is 149 Å². The second kappa shape index (κ2) is 9.38. The molecule has 0 fully saturated rings. The van der Waals surface area contributed by atoms with Gasteiger partial charge in [-0.05, 0) is 44.5 Å². The Balaban J connectivity index is 2.60. The summed E-state index contributed by atoms with van der Waals surface area (Å²) in [4.78, 5) is 23.2. The van der Waals surface area contributed by atoms with Gasteiger partial charge in [0.15, 0.2) is 0 Å². The highest BCUT2D eigenvalue weighted by molar-refractivity contribution is 7.89. The molecule has 1 rings (SSSR count). The maximum absolute atomic E-state index is 12.4. The van der Waals surface area contributed by atoms with E-state index in [4.69, 9.17) is 0 Å². The highest BCUT2D eigenvalue weighted by Crippen LogP contribution is 2.18. The SMILES string of the molecule is CCCNC(=O)NC(=O)CNc1ccc(S(=O)(=O)N(C)C(C)C)cc1. The predicted octanol–water partition coefficient (Wildman–Crippen LogP) is 1.36. The van der Waals surface area contributed by atoms with Crippen LogP contribution in [0.25, 0.3) is 0 Å². The summed E-state index contributed by atoms with van der Waals surface area (Å²) in [5.41, 5.74) is 0.579. The number of urea groups is 1. The third-order valence-electron chi connectivity index (χ3n) is 3.50. The van der Waals surface area contributed by atoms with Crippen molar-refractivity contribution in [2.75, 3.05) is 25.5 Å². The highest BCUT2D eigenvalue weighted by atomic mass is 32.2. The monoisotopic (exact) mass is 370 g/mol. The summed E-state index contributed by atoms with van der Waals surface area (Å²) in [7, 11) is -2.01. The number of sulfonamides is 1. The van der Waals surface area contributed by atoms with Gasteiger partial charge in [0, 0.05) is 25.3 Å².